The molecule has 1 N–H and O–H groups in total. The normalized spacial score (nSPS) is 12.5. The lowest BCUT2D eigenvalue weighted by atomic mass is 9.87. The highest BCUT2D eigenvalue weighted by Crippen LogP contribution is 2.33. The number of hydrogen-bond donors (Lipinski definition) is 1. The Morgan fingerprint density at radius 1 is 1.06 bits per heavy atom. The summed E-state index contributed by atoms with van der Waals surface area (Å²) in [6, 6.07) is 8.36. The third-order valence-electron chi connectivity index (χ3n) is 5.73. The minimum Gasteiger partial charge on any atom is -0.344 e. The number of carbonyl (C=O) groups excluding carboxylic acids is 1. The third kappa shape index (κ3) is 3.49. The molecule has 5 rings (SSSR count). The van der Waals surface area contributed by atoms with Crippen LogP contribution in [0.2, 0.25) is 0 Å². The number of aromatic nitrogens is 5. The fraction of sp³-hybridized carbons (Fsp3) is 0.200. The predicted octanol–water partition coefficient (Wildman–Crippen LogP) is 4.75. The van der Waals surface area contributed by atoms with E-state index < -0.39 is 15.4 Å². The molecule has 0 radical (unpaired) electrons. The number of Topliss-reactive ketones (excluding diaryl/α,β-unsaturated/α-hetero) is 1. The highest BCUT2D eigenvalue weighted by atomic mass is 32.2. The van der Waals surface area contributed by atoms with E-state index in [0.717, 1.165) is 5.56 Å². The molecule has 0 saturated heterocycles. The van der Waals surface area contributed by atoms with Gasteiger partial charge in [-0.3, -0.25) is 9.78 Å². The standard InChI is InChI=1S/C25H23N5O3S/c1-15-5-7-16(8-6-15)34(32,33)30-14-19(17-11-26-10-9-21(17)30)20-13-28-24-22(29-20)18(12-27-24)23(31)25(2,3)4/h5-14H,1-4H3,(H,27,28). The number of benzene rings is 1. The zero-order chi connectivity index (χ0) is 24.3. The number of ketones is 1. The van der Waals surface area contributed by atoms with Gasteiger partial charge >= 0.3 is 0 Å². The molecule has 0 spiro atoms. The Hall–Kier alpha value is -3.85. The molecule has 8 nitrogen and oxygen atoms in total. The number of nitrogens with one attached hydrogen (secondary N) is 1. The van der Waals surface area contributed by atoms with Crippen LogP contribution in [-0.4, -0.2) is 38.1 Å². The van der Waals surface area contributed by atoms with Crippen LogP contribution in [0.4, 0.5) is 0 Å². The first-order valence-corrected chi connectivity index (χ1v) is 12.2. The number of H-pyrrole nitrogens is 1. The third-order valence-corrected chi connectivity index (χ3v) is 7.42. The van der Waals surface area contributed by atoms with Crippen molar-refractivity contribution in [3.63, 3.8) is 0 Å². The topological polar surface area (TPSA) is 111 Å². The van der Waals surface area contributed by atoms with Gasteiger partial charge in [0.2, 0.25) is 0 Å². The summed E-state index contributed by atoms with van der Waals surface area (Å²) in [5.41, 5.74) is 3.26. The van der Waals surface area contributed by atoms with Crippen molar-refractivity contribution >= 4 is 37.9 Å². The minimum atomic E-state index is -3.86. The van der Waals surface area contributed by atoms with Crippen LogP contribution in [0.5, 0.6) is 0 Å². The molecule has 0 aliphatic rings. The lowest BCUT2D eigenvalue weighted by molar-refractivity contribution is 0.0860. The maximum atomic E-state index is 13.5. The zero-order valence-electron chi connectivity index (χ0n) is 19.2. The van der Waals surface area contributed by atoms with Crippen molar-refractivity contribution in [2.24, 2.45) is 5.41 Å². The van der Waals surface area contributed by atoms with Crippen molar-refractivity contribution in [1.29, 1.82) is 0 Å². The average Bonchev–Trinajstić information content (AvgIpc) is 3.40. The van der Waals surface area contributed by atoms with Gasteiger partial charge in [-0.05, 0) is 25.1 Å². The second kappa shape index (κ2) is 7.59. The average molecular weight is 474 g/mol. The Morgan fingerprint density at radius 3 is 2.50 bits per heavy atom. The summed E-state index contributed by atoms with van der Waals surface area (Å²) in [7, 11) is -3.86. The van der Waals surface area contributed by atoms with Gasteiger partial charge in [-0.25, -0.2) is 22.4 Å². The van der Waals surface area contributed by atoms with Crippen molar-refractivity contribution in [3.05, 3.63) is 72.4 Å². The Kier molecular flexibility index (Phi) is 4.91. The number of rotatable bonds is 4. The summed E-state index contributed by atoms with van der Waals surface area (Å²) in [5, 5.41) is 0.617. The van der Waals surface area contributed by atoms with E-state index in [9.17, 15) is 13.2 Å². The first-order valence-electron chi connectivity index (χ1n) is 10.7. The molecule has 34 heavy (non-hydrogen) atoms. The molecular formula is C25H23N5O3S. The quantitative estimate of drug-likeness (QED) is 0.377. The van der Waals surface area contributed by atoms with Gasteiger partial charge in [0.15, 0.2) is 11.4 Å². The summed E-state index contributed by atoms with van der Waals surface area (Å²) >= 11 is 0. The largest absolute Gasteiger partial charge is 0.344 e. The molecule has 0 atom stereocenters. The smallest absolute Gasteiger partial charge is 0.268 e. The first kappa shape index (κ1) is 22.0. The van der Waals surface area contributed by atoms with Gasteiger partial charge in [-0.2, -0.15) is 0 Å². The number of hydrogen-bond acceptors (Lipinski definition) is 6. The van der Waals surface area contributed by atoms with Gasteiger partial charge in [-0.1, -0.05) is 38.5 Å². The minimum absolute atomic E-state index is 0.0590. The fourth-order valence-electron chi connectivity index (χ4n) is 3.87. The fourth-order valence-corrected chi connectivity index (χ4v) is 5.24. The van der Waals surface area contributed by atoms with E-state index >= 15 is 0 Å². The monoisotopic (exact) mass is 473 g/mol. The van der Waals surface area contributed by atoms with E-state index in [0.29, 0.717) is 38.9 Å². The molecule has 0 amide bonds. The molecule has 0 saturated carbocycles. The number of fused-ring (bicyclic) bond motifs is 2. The van der Waals surface area contributed by atoms with E-state index in [1.807, 2.05) is 27.7 Å². The predicted molar refractivity (Wildman–Crippen MR) is 130 cm³/mol. The maximum absolute atomic E-state index is 13.5. The van der Waals surface area contributed by atoms with Crippen LogP contribution in [-0.2, 0) is 10.0 Å². The Labute approximate surface area is 196 Å². The lowest BCUT2D eigenvalue weighted by Gasteiger charge is -2.15. The maximum Gasteiger partial charge on any atom is 0.268 e. The molecule has 4 aromatic heterocycles. The summed E-state index contributed by atoms with van der Waals surface area (Å²) in [6.45, 7) is 7.45. The number of carbonyl (C=O) groups is 1. The Morgan fingerprint density at radius 2 is 1.79 bits per heavy atom. The molecular weight excluding hydrogens is 450 g/mol. The van der Waals surface area contributed by atoms with E-state index in [-0.39, 0.29) is 10.7 Å². The highest BCUT2D eigenvalue weighted by molar-refractivity contribution is 7.90. The molecule has 0 aliphatic carbocycles. The Balaban J connectivity index is 1.72. The van der Waals surface area contributed by atoms with Gasteiger partial charge in [0.05, 0.1) is 27.9 Å². The van der Waals surface area contributed by atoms with E-state index in [4.69, 9.17) is 4.98 Å². The molecule has 0 bridgehead atoms. The van der Waals surface area contributed by atoms with Gasteiger partial charge in [0.25, 0.3) is 10.0 Å². The molecule has 0 aliphatic heterocycles. The molecule has 5 aromatic rings. The summed E-state index contributed by atoms with van der Waals surface area (Å²) in [6.07, 6.45) is 7.88. The second-order valence-corrected chi connectivity index (χ2v) is 11.1. The van der Waals surface area contributed by atoms with Crippen LogP contribution >= 0.6 is 0 Å². The van der Waals surface area contributed by atoms with Crippen molar-refractivity contribution in [3.8, 4) is 11.3 Å². The number of nitrogens with zero attached hydrogens (tertiary/aromatic N) is 4. The SMILES string of the molecule is Cc1ccc(S(=O)(=O)n2cc(-c3cnc4[nH]cc(C(=O)C(C)(C)C)c4n3)c3cnccc32)cc1. The van der Waals surface area contributed by atoms with Gasteiger partial charge < -0.3 is 4.98 Å². The first-order chi connectivity index (χ1) is 16.1. The summed E-state index contributed by atoms with van der Waals surface area (Å²) < 4.78 is 28.2. The summed E-state index contributed by atoms with van der Waals surface area (Å²) in [5.74, 6) is -0.0590. The second-order valence-electron chi connectivity index (χ2n) is 9.28. The van der Waals surface area contributed by atoms with Crippen molar-refractivity contribution in [2.75, 3.05) is 0 Å². The van der Waals surface area contributed by atoms with Crippen LogP contribution in [0.25, 0.3) is 33.3 Å². The highest BCUT2D eigenvalue weighted by Gasteiger charge is 2.27. The lowest BCUT2D eigenvalue weighted by Crippen LogP contribution is -2.20. The van der Waals surface area contributed by atoms with Crippen LogP contribution in [0.15, 0.2) is 66.2 Å². The van der Waals surface area contributed by atoms with Gasteiger partial charge in [0.1, 0.15) is 5.52 Å². The van der Waals surface area contributed by atoms with Crippen molar-refractivity contribution in [2.45, 2.75) is 32.6 Å². The van der Waals surface area contributed by atoms with E-state index in [1.54, 1.807) is 55.1 Å². The molecule has 172 valence electrons. The number of aromatic amines is 1. The van der Waals surface area contributed by atoms with Crippen molar-refractivity contribution < 1.29 is 13.2 Å². The van der Waals surface area contributed by atoms with Crippen LogP contribution in [0, 0.1) is 12.3 Å². The van der Waals surface area contributed by atoms with E-state index in [1.165, 1.54) is 10.2 Å². The van der Waals surface area contributed by atoms with Crippen LogP contribution < -0.4 is 0 Å². The molecule has 9 heteroatoms. The number of pyridine rings is 1. The van der Waals surface area contributed by atoms with Crippen LogP contribution in [0.1, 0.15) is 36.7 Å². The van der Waals surface area contributed by atoms with Gasteiger partial charge in [0, 0.05) is 41.2 Å². The van der Waals surface area contributed by atoms with Gasteiger partial charge in [-0.15, -0.1) is 0 Å². The summed E-state index contributed by atoms with van der Waals surface area (Å²) in [4.78, 5) is 29.5. The number of aryl methyl sites for hydroxylation is 1. The Bertz CT molecular complexity index is 1670. The van der Waals surface area contributed by atoms with Crippen molar-refractivity contribution in [1.82, 2.24) is 23.9 Å². The van der Waals surface area contributed by atoms with E-state index in [2.05, 4.69) is 15.0 Å². The van der Waals surface area contributed by atoms with Crippen LogP contribution in [0.3, 0.4) is 0 Å². The zero-order valence-corrected chi connectivity index (χ0v) is 20.0. The molecule has 0 unspecified atom stereocenters. The molecule has 0 fully saturated rings. The molecule has 1 aromatic carbocycles. The molecule has 4 heterocycles.